The summed E-state index contributed by atoms with van der Waals surface area (Å²) in [6.07, 6.45) is 0. The minimum atomic E-state index is 0.566. The summed E-state index contributed by atoms with van der Waals surface area (Å²) in [6, 6.07) is 2.01. The van der Waals surface area contributed by atoms with Crippen LogP contribution in [0, 0.1) is 13.8 Å². The summed E-state index contributed by atoms with van der Waals surface area (Å²) >= 11 is 0. The second-order valence-corrected chi connectivity index (χ2v) is 2.91. The van der Waals surface area contributed by atoms with Crippen molar-refractivity contribution in [2.45, 2.75) is 20.4 Å². The van der Waals surface area contributed by atoms with Crippen molar-refractivity contribution in [1.29, 1.82) is 0 Å². The van der Waals surface area contributed by atoms with Crippen LogP contribution in [0.1, 0.15) is 17.2 Å². The largest absolute Gasteiger partial charge is 0.262 e. The lowest BCUT2D eigenvalue weighted by molar-refractivity contribution is 0.632. The molecule has 6 nitrogen and oxygen atoms in total. The summed E-state index contributed by atoms with van der Waals surface area (Å²) in [7, 11) is 0. The molecule has 2 heterocycles. The molecule has 0 fully saturated rings. The molecule has 0 unspecified atom stereocenters. The second-order valence-electron chi connectivity index (χ2n) is 2.91. The first kappa shape index (κ1) is 7.90. The van der Waals surface area contributed by atoms with Gasteiger partial charge in [-0.3, -0.25) is 4.68 Å². The number of hydrogen-bond acceptors (Lipinski definition) is 4. The highest BCUT2D eigenvalue weighted by molar-refractivity contribution is 5.07. The van der Waals surface area contributed by atoms with Gasteiger partial charge in [0, 0.05) is 5.69 Å². The van der Waals surface area contributed by atoms with E-state index in [0.29, 0.717) is 12.4 Å². The van der Waals surface area contributed by atoms with Gasteiger partial charge in [-0.1, -0.05) is 5.21 Å². The Morgan fingerprint density at radius 3 is 2.85 bits per heavy atom. The predicted molar refractivity (Wildman–Crippen MR) is 45.0 cm³/mol. The van der Waals surface area contributed by atoms with E-state index in [1.807, 2.05) is 24.6 Å². The van der Waals surface area contributed by atoms with E-state index in [9.17, 15) is 0 Å². The van der Waals surface area contributed by atoms with Crippen LogP contribution in [0.5, 0.6) is 0 Å². The zero-order chi connectivity index (χ0) is 9.26. The number of nitrogens with one attached hydrogen (secondary N) is 1. The number of aromatic amines is 1. The van der Waals surface area contributed by atoms with E-state index in [-0.39, 0.29) is 0 Å². The number of rotatable bonds is 2. The quantitative estimate of drug-likeness (QED) is 0.705. The molecule has 0 radical (unpaired) electrons. The SMILES string of the molecule is Cc1cc(C)n(Cc2nn[nH]n2)n1. The lowest BCUT2D eigenvalue weighted by atomic mass is 10.4. The Morgan fingerprint density at radius 2 is 2.31 bits per heavy atom. The Balaban J connectivity index is 2.23. The van der Waals surface area contributed by atoms with Gasteiger partial charge in [0.1, 0.15) is 6.54 Å². The number of nitrogens with zero attached hydrogens (tertiary/aromatic N) is 5. The third-order valence-electron chi connectivity index (χ3n) is 1.78. The fourth-order valence-electron chi connectivity index (χ4n) is 1.22. The number of aromatic nitrogens is 6. The molecule has 2 aromatic heterocycles. The van der Waals surface area contributed by atoms with Gasteiger partial charge in [0.05, 0.1) is 5.69 Å². The van der Waals surface area contributed by atoms with Crippen LogP contribution in [0.15, 0.2) is 6.07 Å². The molecule has 68 valence electrons. The van der Waals surface area contributed by atoms with Crippen LogP contribution in [0.3, 0.4) is 0 Å². The Morgan fingerprint density at radius 1 is 1.46 bits per heavy atom. The molecule has 0 aliphatic carbocycles. The minimum Gasteiger partial charge on any atom is -0.262 e. The average Bonchev–Trinajstić information content (AvgIpc) is 2.63. The fourth-order valence-corrected chi connectivity index (χ4v) is 1.22. The Hall–Kier alpha value is -1.72. The van der Waals surface area contributed by atoms with Gasteiger partial charge < -0.3 is 0 Å². The average molecular weight is 178 g/mol. The highest BCUT2D eigenvalue weighted by Crippen LogP contribution is 2.02. The van der Waals surface area contributed by atoms with Crippen LogP contribution < -0.4 is 0 Å². The van der Waals surface area contributed by atoms with Crippen molar-refractivity contribution in [2.24, 2.45) is 0 Å². The molecule has 6 heteroatoms. The zero-order valence-corrected chi connectivity index (χ0v) is 7.52. The molecule has 0 spiro atoms. The van der Waals surface area contributed by atoms with Gasteiger partial charge in [0.15, 0.2) is 5.82 Å². The maximum Gasteiger partial charge on any atom is 0.195 e. The highest BCUT2D eigenvalue weighted by Gasteiger charge is 2.04. The molecule has 2 rings (SSSR count). The molecular formula is C7H10N6. The fraction of sp³-hybridized carbons (Fsp3) is 0.429. The number of hydrogen-bond donors (Lipinski definition) is 1. The van der Waals surface area contributed by atoms with Crippen molar-refractivity contribution in [3.05, 3.63) is 23.3 Å². The molecule has 13 heavy (non-hydrogen) atoms. The third kappa shape index (κ3) is 1.56. The molecule has 0 atom stereocenters. The first-order valence-electron chi connectivity index (χ1n) is 3.99. The van der Waals surface area contributed by atoms with Crippen molar-refractivity contribution < 1.29 is 0 Å². The van der Waals surface area contributed by atoms with Crippen LogP contribution in [0.2, 0.25) is 0 Å². The van der Waals surface area contributed by atoms with E-state index in [0.717, 1.165) is 11.4 Å². The third-order valence-corrected chi connectivity index (χ3v) is 1.78. The molecular weight excluding hydrogens is 168 g/mol. The maximum atomic E-state index is 4.28. The predicted octanol–water partition coefficient (Wildman–Crippen LogP) is 0.0613. The summed E-state index contributed by atoms with van der Waals surface area (Å²) < 4.78 is 1.85. The molecule has 0 aliphatic heterocycles. The van der Waals surface area contributed by atoms with Crippen molar-refractivity contribution in [2.75, 3.05) is 0 Å². The van der Waals surface area contributed by atoms with E-state index >= 15 is 0 Å². The Bertz CT molecular complexity index is 387. The van der Waals surface area contributed by atoms with Crippen molar-refractivity contribution in [3.8, 4) is 0 Å². The summed E-state index contributed by atoms with van der Waals surface area (Å²) in [5.74, 6) is 0.645. The Kier molecular flexibility index (Phi) is 1.80. The van der Waals surface area contributed by atoms with Crippen molar-refractivity contribution in [3.63, 3.8) is 0 Å². The van der Waals surface area contributed by atoms with Gasteiger partial charge in [-0.2, -0.15) is 10.3 Å². The maximum absolute atomic E-state index is 4.28. The Labute approximate surface area is 75.0 Å². The standard InChI is InChI=1S/C7H10N6/c1-5-3-6(2)13(10-5)4-7-8-11-12-9-7/h3H,4H2,1-2H3,(H,8,9,11,12). The van der Waals surface area contributed by atoms with Gasteiger partial charge in [-0.25, -0.2) is 0 Å². The van der Waals surface area contributed by atoms with Gasteiger partial charge in [-0.05, 0) is 19.9 Å². The summed E-state index contributed by atoms with van der Waals surface area (Å²) in [5, 5.41) is 17.9. The van der Waals surface area contributed by atoms with Crippen molar-refractivity contribution >= 4 is 0 Å². The van der Waals surface area contributed by atoms with Crippen LogP contribution in [-0.2, 0) is 6.54 Å². The van der Waals surface area contributed by atoms with E-state index in [2.05, 4.69) is 25.7 Å². The first-order chi connectivity index (χ1) is 6.25. The molecule has 1 N–H and O–H groups in total. The topological polar surface area (TPSA) is 72.3 Å². The monoisotopic (exact) mass is 178 g/mol. The number of H-pyrrole nitrogens is 1. The summed E-state index contributed by atoms with van der Waals surface area (Å²) in [5.41, 5.74) is 2.10. The molecule has 0 bridgehead atoms. The molecule has 0 saturated heterocycles. The lowest BCUT2D eigenvalue weighted by Gasteiger charge is -1.98. The summed E-state index contributed by atoms with van der Waals surface area (Å²) in [4.78, 5) is 0. The normalized spacial score (nSPS) is 10.6. The van der Waals surface area contributed by atoms with Crippen LogP contribution in [0.25, 0.3) is 0 Å². The van der Waals surface area contributed by atoms with E-state index in [4.69, 9.17) is 0 Å². The van der Waals surface area contributed by atoms with E-state index < -0.39 is 0 Å². The van der Waals surface area contributed by atoms with Gasteiger partial charge >= 0.3 is 0 Å². The van der Waals surface area contributed by atoms with Gasteiger partial charge in [0.2, 0.25) is 0 Å². The summed E-state index contributed by atoms with van der Waals surface area (Å²) in [6.45, 7) is 4.52. The molecule has 2 aromatic rings. The second kappa shape index (κ2) is 2.96. The lowest BCUT2D eigenvalue weighted by Crippen LogP contribution is -2.05. The van der Waals surface area contributed by atoms with Crippen LogP contribution in [-0.4, -0.2) is 30.4 Å². The number of aryl methyl sites for hydroxylation is 2. The molecule has 0 aliphatic rings. The van der Waals surface area contributed by atoms with Crippen LogP contribution >= 0.6 is 0 Å². The first-order valence-corrected chi connectivity index (χ1v) is 3.99. The number of tetrazole rings is 1. The molecule has 0 saturated carbocycles. The smallest absolute Gasteiger partial charge is 0.195 e. The van der Waals surface area contributed by atoms with Crippen LogP contribution in [0.4, 0.5) is 0 Å². The minimum absolute atomic E-state index is 0.566. The highest BCUT2D eigenvalue weighted by atomic mass is 15.5. The molecule has 0 amide bonds. The van der Waals surface area contributed by atoms with E-state index in [1.54, 1.807) is 0 Å². The zero-order valence-electron chi connectivity index (χ0n) is 7.52. The molecule has 0 aromatic carbocycles. The van der Waals surface area contributed by atoms with Gasteiger partial charge in [-0.15, -0.1) is 10.2 Å². The van der Waals surface area contributed by atoms with E-state index in [1.165, 1.54) is 0 Å². The van der Waals surface area contributed by atoms with Crippen molar-refractivity contribution in [1.82, 2.24) is 30.4 Å². The van der Waals surface area contributed by atoms with Gasteiger partial charge in [0.25, 0.3) is 0 Å².